The summed E-state index contributed by atoms with van der Waals surface area (Å²) in [6.07, 6.45) is 0. The van der Waals surface area contributed by atoms with Crippen LogP contribution in [0.4, 0.5) is 5.69 Å². The molecule has 0 fully saturated rings. The standard InChI is InChI=1S/C12H18N4O2/c1-12(2,16(3)4)7-17-9-6-5-8(13)10-11(9)15-18-14-10/h5-6H,7,13H2,1-4H3. The van der Waals surface area contributed by atoms with Gasteiger partial charge in [0, 0.05) is 5.54 Å². The third-order valence-electron chi connectivity index (χ3n) is 3.20. The molecule has 0 amide bonds. The lowest BCUT2D eigenvalue weighted by Crippen LogP contribution is -2.43. The number of ether oxygens (including phenoxy) is 1. The van der Waals surface area contributed by atoms with Crippen LogP contribution in [0.15, 0.2) is 16.8 Å². The van der Waals surface area contributed by atoms with E-state index < -0.39 is 0 Å². The summed E-state index contributed by atoms with van der Waals surface area (Å²) in [5.74, 6) is 0.635. The van der Waals surface area contributed by atoms with Gasteiger partial charge in [-0.15, -0.1) is 0 Å². The topological polar surface area (TPSA) is 77.4 Å². The molecule has 1 aromatic carbocycles. The lowest BCUT2D eigenvalue weighted by atomic mass is 10.1. The second kappa shape index (κ2) is 4.45. The summed E-state index contributed by atoms with van der Waals surface area (Å²) in [6, 6.07) is 3.53. The molecule has 0 radical (unpaired) electrons. The molecule has 2 N–H and O–H groups in total. The lowest BCUT2D eigenvalue weighted by Gasteiger charge is -2.32. The Bertz CT molecular complexity index is 548. The van der Waals surface area contributed by atoms with Crippen molar-refractivity contribution in [2.45, 2.75) is 19.4 Å². The minimum absolute atomic E-state index is 0.0785. The van der Waals surface area contributed by atoms with Gasteiger partial charge < -0.3 is 15.4 Å². The van der Waals surface area contributed by atoms with E-state index in [1.807, 2.05) is 14.1 Å². The van der Waals surface area contributed by atoms with Gasteiger partial charge >= 0.3 is 0 Å². The highest BCUT2D eigenvalue weighted by Gasteiger charge is 2.22. The second-order valence-corrected chi connectivity index (χ2v) is 5.11. The van der Waals surface area contributed by atoms with E-state index in [1.54, 1.807) is 12.1 Å². The SMILES string of the molecule is CN(C)C(C)(C)COc1ccc(N)c2nonc12. The molecule has 0 aliphatic heterocycles. The average molecular weight is 250 g/mol. The third kappa shape index (κ3) is 2.24. The molecule has 0 spiro atoms. The van der Waals surface area contributed by atoms with Crippen molar-refractivity contribution in [3.8, 4) is 5.75 Å². The molecule has 0 aliphatic rings. The van der Waals surface area contributed by atoms with Crippen molar-refractivity contribution in [3.05, 3.63) is 12.1 Å². The van der Waals surface area contributed by atoms with Crippen LogP contribution in [-0.4, -0.2) is 41.5 Å². The van der Waals surface area contributed by atoms with Gasteiger partial charge in [0.2, 0.25) is 0 Å². The summed E-state index contributed by atoms with van der Waals surface area (Å²) in [7, 11) is 4.03. The van der Waals surface area contributed by atoms with Crippen LogP contribution >= 0.6 is 0 Å². The number of hydrogen-bond acceptors (Lipinski definition) is 6. The average Bonchev–Trinajstić information content (AvgIpc) is 2.78. The number of hydrogen-bond donors (Lipinski definition) is 1. The molecular formula is C12H18N4O2. The van der Waals surface area contributed by atoms with Crippen LogP contribution < -0.4 is 10.5 Å². The van der Waals surface area contributed by atoms with Crippen LogP contribution in [0.1, 0.15) is 13.8 Å². The van der Waals surface area contributed by atoms with E-state index in [0.29, 0.717) is 29.1 Å². The predicted molar refractivity (Wildman–Crippen MR) is 69.5 cm³/mol. The van der Waals surface area contributed by atoms with Crippen LogP contribution in [0.5, 0.6) is 5.75 Å². The molecule has 1 heterocycles. The summed E-state index contributed by atoms with van der Waals surface area (Å²) >= 11 is 0. The predicted octanol–water partition coefficient (Wildman–Crippen LogP) is 1.52. The Morgan fingerprint density at radius 1 is 1.28 bits per heavy atom. The van der Waals surface area contributed by atoms with Crippen molar-refractivity contribution in [1.82, 2.24) is 15.2 Å². The summed E-state index contributed by atoms with van der Waals surface area (Å²) in [4.78, 5) is 2.10. The summed E-state index contributed by atoms with van der Waals surface area (Å²) in [6.45, 7) is 4.73. The number of nitrogen functional groups attached to an aromatic ring is 1. The maximum absolute atomic E-state index is 5.80. The number of likely N-dealkylation sites (N-methyl/N-ethyl adjacent to an activating group) is 1. The third-order valence-corrected chi connectivity index (χ3v) is 3.20. The monoisotopic (exact) mass is 250 g/mol. The van der Waals surface area contributed by atoms with Crippen LogP contribution in [-0.2, 0) is 0 Å². The first-order chi connectivity index (χ1) is 8.42. The smallest absolute Gasteiger partial charge is 0.179 e. The largest absolute Gasteiger partial charge is 0.489 e. The highest BCUT2D eigenvalue weighted by Crippen LogP contribution is 2.28. The van der Waals surface area contributed by atoms with E-state index in [1.165, 1.54) is 0 Å². The van der Waals surface area contributed by atoms with E-state index in [4.69, 9.17) is 15.1 Å². The molecule has 0 aliphatic carbocycles. The van der Waals surface area contributed by atoms with Crippen LogP contribution in [0.2, 0.25) is 0 Å². The van der Waals surface area contributed by atoms with Crippen molar-refractivity contribution in [1.29, 1.82) is 0 Å². The molecule has 0 saturated carbocycles. The van der Waals surface area contributed by atoms with Crippen molar-refractivity contribution < 1.29 is 9.37 Å². The van der Waals surface area contributed by atoms with Gasteiger partial charge in [0.1, 0.15) is 6.61 Å². The van der Waals surface area contributed by atoms with E-state index in [9.17, 15) is 0 Å². The molecule has 0 saturated heterocycles. The Balaban J connectivity index is 2.23. The molecule has 1 aromatic heterocycles. The minimum atomic E-state index is -0.0785. The Morgan fingerprint density at radius 2 is 1.94 bits per heavy atom. The Morgan fingerprint density at radius 3 is 2.61 bits per heavy atom. The van der Waals surface area contributed by atoms with E-state index >= 15 is 0 Å². The zero-order valence-corrected chi connectivity index (χ0v) is 11.1. The first kappa shape index (κ1) is 12.6. The molecule has 18 heavy (non-hydrogen) atoms. The molecule has 98 valence electrons. The van der Waals surface area contributed by atoms with Gasteiger partial charge in [-0.2, -0.15) is 0 Å². The molecule has 6 heteroatoms. The lowest BCUT2D eigenvalue weighted by molar-refractivity contribution is 0.114. The van der Waals surface area contributed by atoms with Gasteiger partial charge in [-0.05, 0) is 50.4 Å². The van der Waals surface area contributed by atoms with Gasteiger partial charge in [-0.25, -0.2) is 4.63 Å². The van der Waals surface area contributed by atoms with E-state index in [0.717, 1.165) is 0 Å². The van der Waals surface area contributed by atoms with Gasteiger partial charge in [-0.1, -0.05) is 0 Å². The van der Waals surface area contributed by atoms with Crippen molar-refractivity contribution in [2.75, 3.05) is 26.4 Å². The maximum atomic E-state index is 5.80. The molecular weight excluding hydrogens is 232 g/mol. The highest BCUT2D eigenvalue weighted by atomic mass is 16.6. The van der Waals surface area contributed by atoms with Crippen molar-refractivity contribution >= 4 is 16.7 Å². The molecule has 2 rings (SSSR count). The number of benzene rings is 1. The van der Waals surface area contributed by atoms with E-state index in [-0.39, 0.29) is 5.54 Å². The number of aromatic nitrogens is 2. The normalized spacial score (nSPS) is 12.3. The maximum Gasteiger partial charge on any atom is 0.179 e. The van der Waals surface area contributed by atoms with Crippen molar-refractivity contribution in [3.63, 3.8) is 0 Å². The molecule has 0 bridgehead atoms. The van der Waals surface area contributed by atoms with Crippen LogP contribution in [0.3, 0.4) is 0 Å². The Labute approximate surface area is 106 Å². The van der Waals surface area contributed by atoms with Gasteiger partial charge in [0.05, 0.1) is 5.69 Å². The zero-order valence-electron chi connectivity index (χ0n) is 11.1. The molecule has 0 atom stereocenters. The Hall–Kier alpha value is -1.82. The fraction of sp³-hybridized carbons (Fsp3) is 0.500. The highest BCUT2D eigenvalue weighted by molar-refractivity contribution is 5.90. The van der Waals surface area contributed by atoms with Gasteiger partial charge in [-0.3, -0.25) is 0 Å². The summed E-state index contributed by atoms with van der Waals surface area (Å²) < 4.78 is 10.5. The fourth-order valence-electron chi connectivity index (χ4n) is 1.36. The number of rotatable bonds is 4. The quantitative estimate of drug-likeness (QED) is 0.829. The number of nitrogens with zero attached hydrogens (tertiary/aromatic N) is 3. The molecule has 0 unspecified atom stereocenters. The zero-order chi connectivity index (χ0) is 13.3. The summed E-state index contributed by atoms with van der Waals surface area (Å²) in [5, 5.41) is 7.58. The number of anilines is 1. The first-order valence-electron chi connectivity index (χ1n) is 5.73. The minimum Gasteiger partial charge on any atom is -0.489 e. The second-order valence-electron chi connectivity index (χ2n) is 5.11. The molecule has 6 nitrogen and oxygen atoms in total. The van der Waals surface area contributed by atoms with Crippen LogP contribution in [0.25, 0.3) is 11.0 Å². The van der Waals surface area contributed by atoms with Gasteiger partial charge in [0.15, 0.2) is 16.8 Å². The van der Waals surface area contributed by atoms with Crippen LogP contribution in [0, 0.1) is 0 Å². The van der Waals surface area contributed by atoms with E-state index in [2.05, 4.69) is 29.1 Å². The number of fused-ring (bicyclic) bond motifs is 1. The fourth-order valence-corrected chi connectivity index (χ4v) is 1.36. The molecule has 2 aromatic rings. The number of nitrogens with two attached hydrogens (primary N) is 1. The van der Waals surface area contributed by atoms with Crippen molar-refractivity contribution in [2.24, 2.45) is 0 Å². The first-order valence-corrected chi connectivity index (χ1v) is 5.73. The summed E-state index contributed by atoms with van der Waals surface area (Å²) in [5.41, 5.74) is 7.32. The Kier molecular flexibility index (Phi) is 3.13. The van der Waals surface area contributed by atoms with Gasteiger partial charge in [0.25, 0.3) is 0 Å².